The van der Waals surface area contributed by atoms with Gasteiger partial charge in [-0.2, -0.15) is 0 Å². The van der Waals surface area contributed by atoms with Crippen LogP contribution < -0.4 is 5.32 Å². The minimum Gasteiger partial charge on any atom is -0.388 e. The van der Waals surface area contributed by atoms with Crippen LogP contribution in [0.3, 0.4) is 0 Å². The van der Waals surface area contributed by atoms with Crippen LogP contribution in [0.4, 0.5) is 0 Å². The zero-order valence-corrected chi connectivity index (χ0v) is 10.4. The van der Waals surface area contributed by atoms with Crippen molar-refractivity contribution in [1.29, 1.82) is 0 Å². The molecule has 2 aliphatic heterocycles. The van der Waals surface area contributed by atoms with Crippen LogP contribution in [0.25, 0.3) is 0 Å². The molecule has 0 aromatic carbocycles. The van der Waals surface area contributed by atoms with Crippen molar-refractivity contribution in [2.75, 3.05) is 21.1 Å². The fourth-order valence-corrected chi connectivity index (χ4v) is 2.09. The number of hydrogen-bond acceptors (Lipinski definition) is 3. The second-order valence-corrected chi connectivity index (χ2v) is 4.34. The topological polar surface area (TPSA) is 18.5 Å². The van der Waals surface area contributed by atoms with Crippen LogP contribution in [-0.2, 0) is 0 Å². The number of hydrogen-bond donors (Lipinski definition) is 1. The van der Waals surface area contributed by atoms with E-state index in [1.165, 1.54) is 22.7 Å². The van der Waals surface area contributed by atoms with Crippen molar-refractivity contribution in [2.45, 2.75) is 13.3 Å². The van der Waals surface area contributed by atoms with E-state index in [0.717, 1.165) is 6.42 Å². The normalized spacial score (nSPS) is 19.1. The molecule has 0 radical (unpaired) electrons. The molecule has 2 heterocycles. The van der Waals surface area contributed by atoms with Crippen molar-refractivity contribution >= 4 is 0 Å². The molecular formula is C13H19N3. The maximum Gasteiger partial charge on any atom is 0.0665 e. The summed E-state index contributed by atoms with van der Waals surface area (Å²) in [4.78, 5) is 4.37. The Hall–Kier alpha value is -1.64. The van der Waals surface area contributed by atoms with Gasteiger partial charge in [0.2, 0.25) is 0 Å². The summed E-state index contributed by atoms with van der Waals surface area (Å²) < 4.78 is 0. The van der Waals surface area contributed by atoms with Gasteiger partial charge in [-0.25, -0.2) is 0 Å². The third-order valence-corrected chi connectivity index (χ3v) is 3.00. The molecule has 0 aliphatic carbocycles. The number of nitrogens with zero attached hydrogens (tertiary/aromatic N) is 2. The molecule has 16 heavy (non-hydrogen) atoms. The lowest BCUT2D eigenvalue weighted by Gasteiger charge is -2.32. The second-order valence-electron chi connectivity index (χ2n) is 4.34. The second kappa shape index (κ2) is 4.08. The number of fused-ring (bicyclic) bond motifs is 1. The average Bonchev–Trinajstić information content (AvgIpc) is 2.26. The summed E-state index contributed by atoms with van der Waals surface area (Å²) in [5.74, 6) is 0. The number of nitrogens with one attached hydrogen (secondary N) is 1. The molecule has 3 heteroatoms. The summed E-state index contributed by atoms with van der Waals surface area (Å²) in [6.45, 7) is 2.12. The Labute approximate surface area is 97.4 Å². The van der Waals surface area contributed by atoms with Crippen molar-refractivity contribution in [2.24, 2.45) is 0 Å². The van der Waals surface area contributed by atoms with Crippen LogP contribution in [0.1, 0.15) is 13.3 Å². The van der Waals surface area contributed by atoms with Crippen LogP contribution >= 0.6 is 0 Å². The first-order valence-electron chi connectivity index (χ1n) is 5.57. The van der Waals surface area contributed by atoms with E-state index in [-0.39, 0.29) is 0 Å². The highest BCUT2D eigenvalue weighted by Crippen LogP contribution is 2.29. The summed E-state index contributed by atoms with van der Waals surface area (Å²) in [5.41, 5.74) is 5.07. The predicted molar refractivity (Wildman–Crippen MR) is 67.2 cm³/mol. The van der Waals surface area contributed by atoms with Gasteiger partial charge >= 0.3 is 0 Å². The third-order valence-electron chi connectivity index (χ3n) is 3.00. The summed E-state index contributed by atoms with van der Waals surface area (Å²) in [6, 6.07) is 0. The Kier molecular flexibility index (Phi) is 2.77. The first-order chi connectivity index (χ1) is 7.63. The van der Waals surface area contributed by atoms with Gasteiger partial charge in [0, 0.05) is 51.4 Å². The van der Waals surface area contributed by atoms with Gasteiger partial charge in [-0.05, 0) is 18.6 Å². The minimum atomic E-state index is 0.999. The summed E-state index contributed by atoms with van der Waals surface area (Å²) >= 11 is 0. The number of rotatable bonds is 2. The Bertz CT molecular complexity index is 411. The van der Waals surface area contributed by atoms with Crippen molar-refractivity contribution < 1.29 is 0 Å². The van der Waals surface area contributed by atoms with E-state index in [1.807, 2.05) is 7.05 Å². The smallest absolute Gasteiger partial charge is 0.0665 e. The van der Waals surface area contributed by atoms with Crippen LogP contribution in [0.15, 0.2) is 47.2 Å². The van der Waals surface area contributed by atoms with E-state index in [4.69, 9.17) is 0 Å². The molecule has 1 N–H and O–H groups in total. The molecule has 0 unspecified atom stereocenters. The molecule has 2 aliphatic rings. The van der Waals surface area contributed by atoms with Gasteiger partial charge in [0.25, 0.3) is 0 Å². The first kappa shape index (κ1) is 10.9. The molecule has 86 valence electrons. The first-order valence-corrected chi connectivity index (χ1v) is 5.57. The maximum atomic E-state index is 3.24. The zero-order chi connectivity index (χ0) is 11.7. The maximum absolute atomic E-state index is 3.24. The van der Waals surface area contributed by atoms with Crippen LogP contribution in [-0.4, -0.2) is 30.9 Å². The van der Waals surface area contributed by atoms with E-state index >= 15 is 0 Å². The van der Waals surface area contributed by atoms with Crippen molar-refractivity contribution in [3.63, 3.8) is 0 Å². The van der Waals surface area contributed by atoms with Gasteiger partial charge < -0.3 is 15.1 Å². The van der Waals surface area contributed by atoms with E-state index in [2.05, 4.69) is 60.7 Å². The van der Waals surface area contributed by atoms with Gasteiger partial charge in [0.05, 0.1) is 5.70 Å². The molecule has 0 saturated carbocycles. The predicted octanol–water partition coefficient (Wildman–Crippen LogP) is 2.00. The Morgan fingerprint density at radius 2 is 2.12 bits per heavy atom. The molecule has 2 rings (SSSR count). The van der Waals surface area contributed by atoms with E-state index in [9.17, 15) is 0 Å². The zero-order valence-electron chi connectivity index (χ0n) is 10.4. The van der Waals surface area contributed by atoms with Crippen molar-refractivity contribution in [3.8, 4) is 0 Å². The lowest BCUT2D eigenvalue weighted by atomic mass is 10.0. The van der Waals surface area contributed by atoms with E-state index < -0.39 is 0 Å². The van der Waals surface area contributed by atoms with Gasteiger partial charge in [-0.15, -0.1) is 0 Å². The summed E-state index contributed by atoms with van der Waals surface area (Å²) in [6.07, 6.45) is 9.71. The molecule has 0 aromatic rings. The largest absolute Gasteiger partial charge is 0.388 e. The monoisotopic (exact) mass is 217 g/mol. The third kappa shape index (κ3) is 1.73. The molecular weight excluding hydrogens is 198 g/mol. The lowest BCUT2D eigenvalue weighted by Crippen LogP contribution is -2.26. The SMILES string of the molecule is CNC1=CC2=C(N(C)C)CC=CN2C=C1C. The molecule has 0 bridgehead atoms. The molecule has 0 fully saturated rings. The molecule has 0 saturated heterocycles. The van der Waals surface area contributed by atoms with Gasteiger partial charge in [-0.3, -0.25) is 0 Å². The quantitative estimate of drug-likeness (QED) is 0.763. The fourth-order valence-electron chi connectivity index (χ4n) is 2.09. The minimum absolute atomic E-state index is 0.999. The van der Waals surface area contributed by atoms with Crippen LogP contribution in [0.5, 0.6) is 0 Å². The van der Waals surface area contributed by atoms with Crippen molar-refractivity contribution in [3.05, 3.63) is 47.2 Å². The van der Waals surface area contributed by atoms with Crippen molar-refractivity contribution in [1.82, 2.24) is 15.1 Å². The van der Waals surface area contributed by atoms with E-state index in [1.54, 1.807) is 0 Å². The Morgan fingerprint density at radius 1 is 1.38 bits per heavy atom. The molecule has 0 atom stereocenters. The summed E-state index contributed by atoms with van der Waals surface area (Å²) in [7, 11) is 6.16. The standard InChI is InChI=1S/C13H19N3/c1-10-9-16-7-5-6-12(15(3)4)13(16)8-11(10)14-2/h5,7-9,14H,6H2,1-4H3. The highest BCUT2D eigenvalue weighted by atomic mass is 15.2. The van der Waals surface area contributed by atoms with E-state index in [0.29, 0.717) is 0 Å². The molecule has 0 aromatic heterocycles. The lowest BCUT2D eigenvalue weighted by molar-refractivity contribution is 0.458. The Morgan fingerprint density at radius 3 is 2.75 bits per heavy atom. The Balaban J connectivity index is 2.45. The van der Waals surface area contributed by atoms with Gasteiger partial charge in [0.1, 0.15) is 0 Å². The van der Waals surface area contributed by atoms with Crippen LogP contribution in [0, 0.1) is 0 Å². The average molecular weight is 217 g/mol. The van der Waals surface area contributed by atoms with Gasteiger partial charge in [-0.1, -0.05) is 6.08 Å². The molecule has 0 amide bonds. The number of allylic oxidation sites excluding steroid dienone is 3. The molecule has 3 nitrogen and oxygen atoms in total. The summed E-state index contributed by atoms with van der Waals surface area (Å²) in [5, 5.41) is 3.24. The fraction of sp³-hybridized carbons (Fsp3) is 0.385. The molecule has 0 spiro atoms. The van der Waals surface area contributed by atoms with Crippen LogP contribution in [0.2, 0.25) is 0 Å². The highest BCUT2D eigenvalue weighted by Gasteiger charge is 2.19. The van der Waals surface area contributed by atoms with Gasteiger partial charge in [0.15, 0.2) is 0 Å². The highest BCUT2D eigenvalue weighted by molar-refractivity contribution is 5.44. The number of likely N-dealkylation sites (N-methyl/N-ethyl adjacent to an activating group) is 1.